The minimum atomic E-state index is -3.90. The fraction of sp³-hybridized carbons (Fsp3) is 0.368. The summed E-state index contributed by atoms with van der Waals surface area (Å²) in [5.74, 6) is 0. The lowest BCUT2D eigenvalue weighted by Crippen LogP contribution is -2.36. The van der Waals surface area contributed by atoms with Crippen LogP contribution in [-0.4, -0.2) is 59.5 Å². The van der Waals surface area contributed by atoms with E-state index < -0.39 is 20.0 Å². The predicted molar refractivity (Wildman–Crippen MR) is 112 cm³/mol. The van der Waals surface area contributed by atoms with Crippen molar-refractivity contribution in [1.82, 2.24) is 4.31 Å². The monoisotopic (exact) mass is 439 g/mol. The summed E-state index contributed by atoms with van der Waals surface area (Å²) in [6, 6.07) is 12.2. The van der Waals surface area contributed by atoms with Crippen molar-refractivity contribution < 1.29 is 21.9 Å². The van der Waals surface area contributed by atoms with Gasteiger partial charge in [-0.3, -0.25) is 4.72 Å². The molecule has 1 heterocycles. The smallest absolute Gasteiger partial charge is 0.261 e. The van der Waals surface area contributed by atoms with Gasteiger partial charge >= 0.3 is 0 Å². The quantitative estimate of drug-likeness (QED) is 0.710. The number of rotatable bonds is 6. The highest BCUT2D eigenvalue weighted by molar-refractivity contribution is 7.92. The molecule has 1 aliphatic heterocycles. The molecule has 0 bridgehead atoms. The first-order valence-electron chi connectivity index (χ1n) is 9.19. The van der Waals surface area contributed by atoms with Crippen LogP contribution in [0.4, 0.5) is 11.4 Å². The fourth-order valence-corrected chi connectivity index (χ4v) is 5.12. The Balaban J connectivity index is 1.85. The van der Waals surface area contributed by atoms with Crippen LogP contribution in [0.3, 0.4) is 0 Å². The average molecular weight is 440 g/mol. The van der Waals surface area contributed by atoms with Gasteiger partial charge in [-0.2, -0.15) is 0 Å². The molecule has 2 N–H and O–H groups in total. The molecular weight excluding hydrogens is 414 g/mol. The van der Waals surface area contributed by atoms with Gasteiger partial charge in [-0.15, -0.1) is 0 Å². The van der Waals surface area contributed by atoms with Gasteiger partial charge in [0.05, 0.1) is 27.3 Å². The highest BCUT2D eigenvalue weighted by Crippen LogP contribution is 2.30. The van der Waals surface area contributed by atoms with Gasteiger partial charge in [0.1, 0.15) is 0 Å². The number of para-hydroxylation sites is 2. The van der Waals surface area contributed by atoms with Gasteiger partial charge in [-0.25, -0.2) is 21.1 Å². The largest absolute Gasteiger partial charge is 0.393 e. The zero-order chi connectivity index (χ0) is 21.2. The van der Waals surface area contributed by atoms with Crippen LogP contribution in [-0.2, 0) is 20.0 Å². The Morgan fingerprint density at radius 3 is 2.07 bits per heavy atom. The standard InChI is InChI=1S/C19H25N3O5S2/c1-21(2)29(26,27)17-9-7-16(8-10-17)28(24,25)20-18-5-3-4-6-19(18)22-13-11-15(23)12-14-22/h3-10,15,20,23H,11-14H2,1-2H3. The summed E-state index contributed by atoms with van der Waals surface area (Å²) in [6.07, 6.45) is 0.929. The molecule has 8 nitrogen and oxygen atoms in total. The molecule has 1 saturated heterocycles. The van der Waals surface area contributed by atoms with E-state index in [1.165, 1.54) is 38.4 Å². The maximum absolute atomic E-state index is 12.9. The van der Waals surface area contributed by atoms with Gasteiger partial charge in [0, 0.05) is 27.2 Å². The first-order chi connectivity index (χ1) is 13.6. The third-order valence-electron chi connectivity index (χ3n) is 4.87. The van der Waals surface area contributed by atoms with Gasteiger partial charge in [0.25, 0.3) is 10.0 Å². The highest BCUT2D eigenvalue weighted by Gasteiger charge is 2.23. The first-order valence-corrected chi connectivity index (χ1v) is 12.1. The molecule has 0 atom stereocenters. The Kier molecular flexibility index (Phi) is 6.18. The summed E-state index contributed by atoms with van der Waals surface area (Å²) in [6.45, 7) is 1.27. The van der Waals surface area contributed by atoms with Crippen LogP contribution in [0, 0.1) is 0 Å². The molecule has 10 heteroatoms. The molecule has 0 radical (unpaired) electrons. The topological polar surface area (TPSA) is 107 Å². The summed E-state index contributed by atoms with van der Waals surface area (Å²) in [4.78, 5) is 2.03. The number of hydrogen-bond donors (Lipinski definition) is 2. The van der Waals surface area contributed by atoms with E-state index in [1.54, 1.807) is 12.1 Å². The lowest BCUT2D eigenvalue weighted by Gasteiger charge is -2.32. The van der Waals surface area contributed by atoms with Crippen molar-refractivity contribution in [3.8, 4) is 0 Å². The molecule has 3 rings (SSSR count). The minimum absolute atomic E-state index is 0.0220. The molecular formula is C19H25N3O5S2. The highest BCUT2D eigenvalue weighted by atomic mass is 32.2. The molecule has 158 valence electrons. The van der Waals surface area contributed by atoms with Crippen molar-refractivity contribution in [2.75, 3.05) is 36.8 Å². The predicted octanol–water partition coefficient (Wildman–Crippen LogP) is 1.70. The average Bonchev–Trinajstić information content (AvgIpc) is 2.69. The number of anilines is 2. The molecule has 29 heavy (non-hydrogen) atoms. The van der Waals surface area contributed by atoms with E-state index in [4.69, 9.17) is 0 Å². The maximum atomic E-state index is 12.9. The van der Waals surface area contributed by atoms with Crippen LogP contribution in [0.5, 0.6) is 0 Å². The fourth-order valence-electron chi connectivity index (χ4n) is 3.15. The zero-order valence-electron chi connectivity index (χ0n) is 16.3. The second-order valence-electron chi connectivity index (χ2n) is 7.10. The Bertz CT molecular complexity index is 1060. The van der Waals surface area contributed by atoms with Crippen LogP contribution in [0.25, 0.3) is 0 Å². The van der Waals surface area contributed by atoms with Crippen molar-refractivity contribution in [3.05, 3.63) is 48.5 Å². The van der Waals surface area contributed by atoms with E-state index >= 15 is 0 Å². The van der Waals surface area contributed by atoms with E-state index in [-0.39, 0.29) is 15.9 Å². The third kappa shape index (κ3) is 4.72. The lowest BCUT2D eigenvalue weighted by atomic mass is 10.1. The maximum Gasteiger partial charge on any atom is 0.261 e. The van der Waals surface area contributed by atoms with Gasteiger partial charge < -0.3 is 10.0 Å². The Labute approximate surface area is 171 Å². The molecule has 0 unspecified atom stereocenters. The van der Waals surface area contributed by atoms with Crippen LogP contribution in [0.15, 0.2) is 58.3 Å². The second kappa shape index (κ2) is 8.31. The SMILES string of the molecule is CN(C)S(=O)(=O)c1ccc(S(=O)(=O)Nc2ccccc2N2CCC(O)CC2)cc1. The van der Waals surface area contributed by atoms with Crippen molar-refractivity contribution in [2.45, 2.75) is 28.7 Å². The molecule has 0 spiro atoms. The summed E-state index contributed by atoms with van der Waals surface area (Å²) in [7, 11) is -4.71. The third-order valence-corrected chi connectivity index (χ3v) is 8.08. The van der Waals surface area contributed by atoms with Gasteiger partial charge in [0.2, 0.25) is 10.0 Å². The number of aliphatic hydroxyl groups excluding tert-OH is 1. The second-order valence-corrected chi connectivity index (χ2v) is 10.9. The van der Waals surface area contributed by atoms with Crippen molar-refractivity contribution in [3.63, 3.8) is 0 Å². The lowest BCUT2D eigenvalue weighted by molar-refractivity contribution is 0.145. The molecule has 0 aromatic heterocycles. The normalized spacial score (nSPS) is 16.2. The van der Waals surface area contributed by atoms with Crippen LogP contribution in [0.2, 0.25) is 0 Å². The number of benzene rings is 2. The number of aliphatic hydroxyl groups is 1. The zero-order valence-corrected chi connectivity index (χ0v) is 17.9. The summed E-state index contributed by atoms with van der Waals surface area (Å²) in [5.41, 5.74) is 1.18. The van der Waals surface area contributed by atoms with Crippen LogP contribution >= 0.6 is 0 Å². The van der Waals surface area contributed by atoms with Gasteiger partial charge in [-0.1, -0.05) is 12.1 Å². The first kappa shape index (κ1) is 21.6. The van der Waals surface area contributed by atoms with Crippen molar-refractivity contribution in [2.24, 2.45) is 0 Å². The number of nitrogens with one attached hydrogen (secondary N) is 1. The Hall–Kier alpha value is -2.14. The molecule has 2 aromatic rings. The van der Waals surface area contributed by atoms with Gasteiger partial charge in [-0.05, 0) is 49.2 Å². The minimum Gasteiger partial charge on any atom is -0.393 e. The number of piperidine rings is 1. The molecule has 0 aliphatic carbocycles. The van der Waals surface area contributed by atoms with E-state index in [2.05, 4.69) is 4.72 Å². The number of hydrogen-bond acceptors (Lipinski definition) is 6. The van der Waals surface area contributed by atoms with Gasteiger partial charge in [0.15, 0.2) is 0 Å². The molecule has 0 amide bonds. The molecule has 1 aliphatic rings. The summed E-state index contributed by atoms with van der Waals surface area (Å²) >= 11 is 0. The Morgan fingerprint density at radius 2 is 1.48 bits per heavy atom. The van der Waals surface area contributed by atoms with Crippen LogP contribution < -0.4 is 9.62 Å². The van der Waals surface area contributed by atoms with Crippen LogP contribution in [0.1, 0.15) is 12.8 Å². The summed E-state index contributed by atoms with van der Waals surface area (Å²) < 4.78 is 53.7. The van der Waals surface area contributed by atoms with Crippen molar-refractivity contribution >= 4 is 31.4 Å². The van der Waals surface area contributed by atoms with E-state index in [9.17, 15) is 21.9 Å². The summed E-state index contributed by atoms with van der Waals surface area (Å²) in [5, 5.41) is 9.71. The molecule has 0 saturated carbocycles. The number of sulfonamides is 2. The number of nitrogens with zero attached hydrogens (tertiary/aromatic N) is 2. The van der Waals surface area contributed by atoms with E-state index in [0.717, 1.165) is 9.99 Å². The Morgan fingerprint density at radius 1 is 0.931 bits per heavy atom. The van der Waals surface area contributed by atoms with E-state index in [1.807, 2.05) is 17.0 Å². The van der Waals surface area contributed by atoms with E-state index in [0.29, 0.717) is 31.6 Å². The molecule has 2 aromatic carbocycles. The van der Waals surface area contributed by atoms with Crippen molar-refractivity contribution in [1.29, 1.82) is 0 Å². The molecule has 1 fully saturated rings.